The fourth-order valence-corrected chi connectivity index (χ4v) is 4.95. The quantitative estimate of drug-likeness (QED) is 0.456. The Labute approximate surface area is 181 Å². The number of guanidine groups is 1. The predicted molar refractivity (Wildman–Crippen MR) is 121 cm³/mol. The first kappa shape index (κ1) is 22.6. The molecule has 30 heavy (non-hydrogen) atoms. The summed E-state index contributed by atoms with van der Waals surface area (Å²) in [7, 11) is 3.28. The van der Waals surface area contributed by atoms with Crippen LogP contribution >= 0.6 is 0 Å². The first-order chi connectivity index (χ1) is 14.5. The Morgan fingerprint density at radius 2 is 1.70 bits per heavy atom. The molecule has 1 aromatic rings. The van der Waals surface area contributed by atoms with Gasteiger partial charge in [0.2, 0.25) is 0 Å². The number of benzene rings is 1. The van der Waals surface area contributed by atoms with E-state index < -0.39 is 0 Å². The van der Waals surface area contributed by atoms with Crippen LogP contribution in [0.15, 0.2) is 29.3 Å². The van der Waals surface area contributed by atoms with Crippen molar-refractivity contribution < 1.29 is 9.53 Å². The monoisotopic (exact) mass is 414 g/mol. The molecule has 1 aromatic carbocycles. The summed E-state index contributed by atoms with van der Waals surface area (Å²) in [5.41, 5.74) is 2.64. The van der Waals surface area contributed by atoms with Crippen LogP contribution in [-0.4, -0.2) is 62.1 Å². The second-order valence-corrected chi connectivity index (χ2v) is 9.14. The van der Waals surface area contributed by atoms with E-state index in [1.54, 1.807) is 0 Å². The molecule has 2 fully saturated rings. The molecule has 0 aromatic heterocycles. The lowest BCUT2D eigenvalue weighted by atomic mass is 9.91. The normalized spacial score (nSPS) is 24.0. The number of ether oxygens (including phenoxy) is 1. The summed E-state index contributed by atoms with van der Waals surface area (Å²) in [6.45, 7) is 10.6. The summed E-state index contributed by atoms with van der Waals surface area (Å²) in [6, 6.07) is 8.95. The maximum atomic E-state index is 11.7. The molecule has 2 unspecified atom stereocenters. The van der Waals surface area contributed by atoms with E-state index in [1.165, 1.54) is 37.7 Å². The van der Waals surface area contributed by atoms with Gasteiger partial charge in [-0.05, 0) is 42.2 Å². The van der Waals surface area contributed by atoms with Gasteiger partial charge >= 0.3 is 5.97 Å². The van der Waals surface area contributed by atoms with Gasteiger partial charge in [0.25, 0.3) is 0 Å². The highest BCUT2D eigenvalue weighted by molar-refractivity contribution is 5.80. The van der Waals surface area contributed by atoms with Gasteiger partial charge in [-0.3, -0.25) is 14.7 Å². The van der Waals surface area contributed by atoms with Crippen LogP contribution in [0.25, 0.3) is 0 Å². The Balaban J connectivity index is 1.46. The largest absolute Gasteiger partial charge is 0.469 e. The summed E-state index contributed by atoms with van der Waals surface area (Å²) in [5.74, 6) is 2.41. The molecule has 0 spiro atoms. The van der Waals surface area contributed by atoms with Crippen molar-refractivity contribution in [2.45, 2.75) is 46.2 Å². The molecule has 2 heterocycles. The molecule has 0 radical (unpaired) electrons. The maximum Gasteiger partial charge on any atom is 0.308 e. The van der Waals surface area contributed by atoms with E-state index in [0.717, 1.165) is 56.8 Å². The average Bonchev–Trinajstić information content (AvgIpc) is 2.74. The van der Waals surface area contributed by atoms with Gasteiger partial charge in [0.1, 0.15) is 0 Å². The minimum Gasteiger partial charge on any atom is -0.469 e. The average molecular weight is 415 g/mol. The Hall–Kier alpha value is -2.08. The standard InChI is InChI=1S/C24H38N4O2/c1-18-13-19(2)16-27(15-18)17-21-7-5-20(6-8-21)14-26-24(25-3)28-11-9-22(10-12-28)23(29)30-4/h5-8,18-19,22H,9-17H2,1-4H3,(H,25,26). The molecule has 0 saturated carbocycles. The summed E-state index contributed by atoms with van der Waals surface area (Å²) in [6.07, 6.45) is 2.98. The number of aliphatic imine (C=N–C) groups is 1. The van der Waals surface area contributed by atoms with Crippen LogP contribution < -0.4 is 5.32 Å². The van der Waals surface area contributed by atoms with E-state index in [-0.39, 0.29) is 11.9 Å². The Kier molecular flexibility index (Phi) is 8.14. The fourth-order valence-electron chi connectivity index (χ4n) is 4.95. The number of methoxy groups -OCH3 is 1. The highest BCUT2D eigenvalue weighted by Gasteiger charge is 2.27. The number of nitrogens with one attached hydrogen (secondary N) is 1. The van der Waals surface area contributed by atoms with E-state index in [4.69, 9.17) is 4.74 Å². The molecule has 166 valence electrons. The molecule has 0 aliphatic carbocycles. The predicted octanol–water partition coefficient (Wildman–Crippen LogP) is 3.12. The van der Waals surface area contributed by atoms with Gasteiger partial charge in [0, 0.05) is 46.3 Å². The van der Waals surface area contributed by atoms with Gasteiger partial charge in [-0.25, -0.2) is 0 Å². The van der Waals surface area contributed by atoms with E-state index in [0.29, 0.717) is 0 Å². The van der Waals surface area contributed by atoms with Gasteiger partial charge < -0.3 is 15.0 Å². The Morgan fingerprint density at radius 1 is 1.10 bits per heavy atom. The molecule has 0 bridgehead atoms. The van der Waals surface area contributed by atoms with Gasteiger partial charge in [-0.1, -0.05) is 38.1 Å². The van der Waals surface area contributed by atoms with Crippen LogP contribution in [0.4, 0.5) is 0 Å². The molecule has 2 aliphatic rings. The number of esters is 1. The van der Waals surface area contributed by atoms with Crippen LogP contribution in [0.1, 0.15) is 44.2 Å². The van der Waals surface area contributed by atoms with Crippen molar-refractivity contribution in [3.05, 3.63) is 35.4 Å². The molecular weight excluding hydrogens is 376 g/mol. The molecule has 6 heteroatoms. The number of piperidine rings is 2. The molecular formula is C24H38N4O2. The highest BCUT2D eigenvalue weighted by Crippen LogP contribution is 2.22. The van der Waals surface area contributed by atoms with Crippen LogP contribution in [-0.2, 0) is 22.6 Å². The summed E-state index contributed by atoms with van der Waals surface area (Å²) < 4.78 is 4.88. The number of hydrogen-bond donors (Lipinski definition) is 1. The summed E-state index contributed by atoms with van der Waals surface area (Å²) >= 11 is 0. The first-order valence-corrected chi connectivity index (χ1v) is 11.3. The number of hydrogen-bond acceptors (Lipinski definition) is 4. The van der Waals surface area contributed by atoms with Crippen molar-refractivity contribution in [2.24, 2.45) is 22.7 Å². The van der Waals surface area contributed by atoms with Crippen molar-refractivity contribution >= 4 is 11.9 Å². The molecule has 2 saturated heterocycles. The lowest BCUT2D eigenvalue weighted by Crippen LogP contribution is -2.46. The van der Waals surface area contributed by atoms with Crippen molar-refractivity contribution in [3.8, 4) is 0 Å². The van der Waals surface area contributed by atoms with Gasteiger partial charge in [-0.2, -0.15) is 0 Å². The summed E-state index contributed by atoms with van der Waals surface area (Å²) in [4.78, 5) is 21.0. The molecule has 6 nitrogen and oxygen atoms in total. The minimum atomic E-state index is -0.0915. The molecule has 1 N–H and O–H groups in total. The van der Waals surface area contributed by atoms with Crippen LogP contribution in [0, 0.1) is 17.8 Å². The lowest BCUT2D eigenvalue weighted by molar-refractivity contribution is -0.146. The first-order valence-electron chi connectivity index (χ1n) is 11.3. The van der Waals surface area contributed by atoms with E-state index in [9.17, 15) is 4.79 Å². The topological polar surface area (TPSA) is 57.2 Å². The third-order valence-electron chi connectivity index (χ3n) is 6.37. The van der Waals surface area contributed by atoms with Crippen molar-refractivity contribution in [1.29, 1.82) is 0 Å². The fraction of sp³-hybridized carbons (Fsp3) is 0.667. The molecule has 2 atom stereocenters. The van der Waals surface area contributed by atoms with Crippen molar-refractivity contribution in [1.82, 2.24) is 15.1 Å². The SMILES string of the molecule is CN=C(NCc1ccc(CN2CC(C)CC(C)C2)cc1)N1CCC(C(=O)OC)CC1. The number of carbonyl (C=O) groups excluding carboxylic acids is 1. The third-order valence-corrected chi connectivity index (χ3v) is 6.37. The van der Waals surface area contributed by atoms with Crippen LogP contribution in [0.5, 0.6) is 0 Å². The van der Waals surface area contributed by atoms with Crippen LogP contribution in [0.2, 0.25) is 0 Å². The minimum absolute atomic E-state index is 0.0165. The second kappa shape index (κ2) is 10.8. The smallest absolute Gasteiger partial charge is 0.308 e. The zero-order valence-electron chi connectivity index (χ0n) is 19.1. The zero-order valence-corrected chi connectivity index (χ0v) is 19.1. The number of nitrogens with zero attached hydrogens (tertiary/aromatic N) is 3. The third kappa shape index (κ3) is 6.21. The number of carbonyl (C=O) groups is 1. The van der Waals surface area contributed by atoms with Crippen LogP contribution in [0.3, 0.4) is 0 Å². The van der Waals surface area contributed by atoms with E-state index in [2.05, 4.69) is 58.2 Å². The van der Waals surface area contributed by atoms with E-state index >= 15 is 0 Å². The highest BCUT2D eigenvalue weighted by atomic mass is 16.5. The van der Waals surface area contributed by atoms with Crippen molar-refractivity contribution in [3.63, 3.8) is 0 Å². The Bertz CT molecular complexity index is 700. The van der Waals surface area contributed by atoms with E-state index in [1.807, 2.05) is 7.05 Å². The number of likely N-dealkylation sites (tertiary alicyclic amines) is 2. The second-order valence-electron chi connectivity index (χ2n) is 9.14. The molecule has 0 amide bonds. The van der Waals surface area contributed by atoms with Gasteiger partial charge in [0.15, 0.2) is 5.96 Å². The maximum absolute atomic E-state index is 11.7. The molecule has 3 rings (SSSR count). The van der Waals surface area contributed by atoms with Gasteiger partial charge in [0.05, 0.1) is 13.0 Å². The zero-order chi connectivity index (χ0) is 21.5. The lowest BCUT2D eigenvalue weighted by Gasteiger charge is -2.35. The van der Waals surface area contributed by atoms with Gasteiger partial charge in [-0.15, -0.1) is 0 Å². The number of rotatable bonds is 5. The summed E-state index contributed by atoms with van der Waals surface area (Å²) in [5, 5.41) is 3.48. The molecule has 2 aliphatic heterocycles. The Morgan fingerprint density at radius 3 is 2.27 bits per heavy atom. The van der Waals surface area contributed by atoms with Crippen molar-refractivity contribution in [2.75, 3.05) is 40.3 Å².